The van der Waals surface area contributed by atoms with Gasteiger partial charge in [0.1, 0.15) is 6.10 Å². The number of hydrogen-bond donors (Lipinski definition) is 0. The van der Waals surface area contributed by atoms with Crippen LogP contribution in [0.25, 0.3) is 0 Å². The molecule has 0 spiro atoms. The lowest BCUT2D eigenvalue weighted by Crippen LogP contribution is -2.42. The van der Waals surface area contributed by atoms with Gasteiger partial charge >= 0.3 is 0 Å². The number of allylic oxidation sites excluding steroid dienone is 1. The van der Waals surface area contributed by atoms with Crippen molar-refractivity contribution < 1.29 is 4.74 Å². The van der Waals surface area contributed by atoms with E-state index in [1.165, 1.54) is 37.9 Å². The van der Waals surface area contributed by atoms with Crippen LogP contribution in [0.5, 0.6) is 0 Å². The van der Waals surface area contributed by atoms with Gasteiger partial charge in [0.25, 0.3) is 0 Å². The van der Waals surface area contributed by atoms with Gasteiger partial charge in [0.2, 0.25) is 0 Å². The summed E-state index contributed by atoms with van der Waals surface area (Å²) in [5.41, 5.74) is 0.752. The summed E-state index contributed by atoms with van der Waals surface area (Å²) < 4.78 is 6.10. The summed E-state index contributed by atoms with van der Waals surface area (Å²) in [6, 6.07) is 0. The van der Waals surface area contributed by atoms with Crippen molar-refractivity contribution in [3.8, 4) is 0 Å². The molecule has 1 heteroatoms. The first-order valence-corrected chi connectivity index (χ1v) is 6.48. The Balaban J connectivity index is 2.30. The van der Waals surface area contributed by atoms with E-state index >= 15 is 0 Å². The highest BCUT2D eigenvalue weighted by molar-refractivity contribution is 5.24. The molecule has 0 aromatic heterocycles. The number of rotatable bonds is 4. The molecule has 3 unspecified atom stereocenters. The summed E-state index contributed by atoms with van der Waals surface area (Å²) in [5, 5.41) is 0. The molecule has 2 rings (SSSR count). The van der Waals surface area contributed by atoms with Crippen molar-refractivity contribution >= 4 is 0 Å². The Labute approximate surface area is 93.9 Å². The second kappa shape index (κ2) is 3.54. The highest BCUT2D eigenvalue weighted by Crippen LogP contribution is 2.59. The van der Waals surface area contributed by atoms with Crippen molar-refractivity contribution in [2.24, 2.45) is 10.8 Å². The van der Waals surface area contributed by atoms with Crippen LogP contribution in [0.15, 0.2) is 11.8 Å². The van der Waals surface area contributed by atoms with Gasteiger partial charge in [0.15, 0.2) is 0 Å². The van der Waals surface area contributed by atoms with Gasteiger partial charge in [-0.3, -0.25) is 0 Å². The van der Waals surface area contributed by atoms with Crippen LogP contribution in [0.4, 0.5) is 0 Å². The largest absolute Gasteiger partial charge is 0.494 e. The lowest BCUT2D eigenvalue weighted by Gasteiger charge is -2.41. The van der Waals surface area contributed by atoms with Crippen molar-refractivity contribution in [2.75, 3.05) is 0 Å². The smallest absolute Gasteiger partial charge is 0.113 e. The summed E-state index contributed by atoms with van der Waals surface area (Å²) in [6.07, 6.45) is 9.07. The van der Waals surface area contributed by atoms with Crippen molar-refractivity contribution in [1.29, 1.82) is 0 Å². The number of hydrogen-bond acceptors (Lipinski definition) is 1. The predicted octanol–water partition coefficient (Wildman–Crippen LogP) is 4.29. The summed E-state index contributed by atoms with van der Waals surface area (Å²) in [7, 11) is 0. The molecule has 3 atom stereocenters. The van der Waals surface area contributed by atoms with Crippen LogP contribution in [-0.2, 0) is 4.74 Å². The average Bonchev–Trinajstić information content (AvgIpc) is 2.73. The van der Waals surface area contributed by atoms with E-state index in [4.69, 9.17) is 4.74 Å². The number of ether oxygens (including phenoxy) is 1. The Morgan fingerprint density at radius 1 is 1.33 bits per heavy atom. The zero-order chi connectivity index (χ0) is 11.1. The van der Waals surface area contributed by atoms with Crippen LogP contribution in [-0.4, -0.2) is 6.10 Å². The third-order valence-electron chi connectivity index (χ3n) is 4.63. The second-order valence-electron chi connectivity index (χ2n) is 5.63. The molecule has 86 valence electrons. The Morgan fingerprint density at radius 2 is 2.07 bits per heavy atom. The zero-order valence-corrected chi connectivity index (χ0v) is 10.6. The van der Waals surface area contributed by atoms with Crippen LogP contribution in [0, 0.1) is 10.8 Å². The molecule has 0 radical (unpaired) electrons. The van der Waals surface area contributed by atoms with E-state index in [0.29, 0.717) is 16.9 Å². The van der Waals surface area contributed by atoms with Crippen LogP contribution < -0.4 is 0 Å². The molecule has 0 aliphatic carbocycles. The maximum Gasteiger partial charge on any atom is 0.113 e. The van der Waals surface area contributed by atoms with Crippen LogP contribution in [0.1, 0.15) is 59.8 Å². The quantitative estimate of drug-likeness (QED) is 0.670. The third-order valence-corrected chi connectivity index (χ3v) is 4.63. The second-order valence-corrected chi connectivity index (χ2v) is 5.63. The predicted molar refractivity (Wildman–Crippen MR) is 63.6 cm³/mol. The first-order chi connectivity index (χ1) is 7.10. The molecule has 1 fully saturated rings. The van der Waals surface area contributed by atoms with E-state index in [1.807, 2.05) is 0 Å². The normalized spacial score (nSPS) is 42.9. The summed E-state index contributed by atoms with van der Waals surface area (Å²) in [6.45, 7) is 9.30. The molecule has 0 saturated carbocycles. The standard InChI is InChI=1S/C14H24O/c1-5-8-14(7-3)10-11-9-13(4,6-2)12(14)15-11/h10,12H,5-9H2,1-4H3. The Bertz CT molecular complexity index is 281. The molecule has 2 aliphatic rings. The van der Waals surface area contributed by atoms with Gasteiger partial charge < -0.3 is 4.74 Å². The summed E-state index contributed by atoms with van der Waals surface area (Å²) in [5.74, 6) is 1.28. The highest BCUT2D eigenvalue weighted by atomic mass is 16.5. The topological polar surface area (TPSA) is 9.23 Å². The van der Waals surface area contributed by atoms with E-state index in [1.54, 1.807) is 0 Å². The lowest BCUT2D eigenvalue weighted by molar-refractivity contribution is 0.00360. The van der Waals surface area contributed by atoms with Gasteiger partial charge in [0, 0.05) is 17.3 Å². The fourth-order valence-corrected chi connectivity index (χ4v) is 3.56. The third kappa shape index (κ3) is 1.43. The van der Waals surface area contributed by atoms with Crippen LogP contribution >= 0.6 is 0 Å². The molecular formula is C14H24O. The van der Waals surface area contributed by atoms with Gasteiger partial charge in [-0.25, -0.2) is 0 Å². The molecule has 0 aromatic carbocycles. The fourth-order valence-electron chi connectivity index (χ4n) is 3.56. The van der Waals surface area contributed by atoms with E-state index in [2.05, 4.69) is 33.8 Å². The molecule has 0 aromatic rings. The molecule has 0 amide bonds. The van der Waals surface area contributed by atoms with Gasteiger partial charge in [-0.2, -0.15) is 0 Å². The minimum absolute atomic E-state index is 0.354. The summed E-state index contributed by atoms with van der Waals surface area (Å²) in [4.78, 5) is 0. The molecule has 1 saturated heterocycles. The molecule has 0 N–H and O–H groups in total. The monoisotopic (exact) mass is 208 g/mol. The molecule has 15 heavy (non-hydrogen) atoms. The Kier molecular flexibility index (Phi) is 2.60. The number of fused-ring (bicyclic) bond motifs is 2. The molecule has 2 aliphatic heterocycles. The highest BCUT2D eigenvalue weighted by Gasteiger charge is 2.56. The lowest BCUT2D eigenvalue weighted by atomic mass is 9.62. The Hall–Kier alpha value is -0.460. The van der Waals surface area contributed by atoms with Crippen LogP contribution in [0.3, 0.4) is 0 Å². The van der Waals surface area contributed by atoms with Gasteiger partial charge in [-0.1, -0.05) is 34.1 Å². The van der Waals surface area contributed by atoms with Gasteiger partial charge in [-0.15, -0.1) is 0 Å². The zero-order valence-electron chi connectivity index (χ0n) is 10.6. The molecule has 1 nitrogen and oxygen atoms in total. The maximum absolute atomic E-state index is 6.10. The molecule has 2 heterocycles. The minimum Gasteiger partial charge on any atom is -0.494 e. The SMILES string of the molecule is CCCC1(CC)C=C2CC(C)(CC)C1O2. The maximum atomic E-state index is 6.10. The van der Waals surface area contributed by atoms with E-state index in [9.17, 15) is 0 Å². The van der Waals surface area contributed by atoms with Gasteiger partial charge in [-0.05, 0) is 25.3 Å². The van der Waals surface area contributed by atoms with E-state index < -0.39 is 0 Å². The first-order valence-electron chi connectivity index (χ1n) is 6.48. The van der Waals surface area contributed by atoms with Crippen molar-refractivity contribution in [1.82, 2.24) is 0 Å². The van der Waals surface area contributed by atoms with E-state index in [0.717, 1.165) is 0 Å². The average molecular weight is 208 g/mol. The molecule has 2 bridgehead atoms. The molecular weight excluding hydrogens is 184 g/mol. The fraction of sp³-hybridized carbons (Fsp3) is 0.857. The van der Waals surface area contributed by atoms with E-state index in [-0.39, 0.29) is 0 Å². The minimum atomic E-state index is 0.354. The van der Waals surface area contributed by atoms with Crippen LogP contribution in [0.2, 0.25) is 0 Å². The van der Waals surface area contributed by atoms with Crippen molar-refractivity contribution in [3.05, 3.63) is 11.8 Å². The Morgan fingerprint density at radius 3 is 2.53 bits per heavy atom. The van der Waals surface area contributed by atoms with Crippen molar-refractivity contribution in [3.63, 3.8) is 0 Å². The summed E-state index contributed by atoms with van der Waals surface area (Å²) >= 11 is 0. The van der Waals surface area contributed by atoms with Crippen molar-refractivity contribution in [2.45, 2.75) is 65.9 Å². The van der Waals surface area contributed by atoms with Gasteiger partial charge in [0.05, 0.1) is 5.76 Å². The first kappa shape index (κ1) is 11.0.